The fourth-order valence-corrected chi connectivity index (χ4v) is 2.37. The van der Waals surface area contributed by atoms with Gasteiger partial charge in [-0.3, -0.25) is 14.7 Å². The van der Waals surface area contributed by atoms with E-state index in [1.165, 1.54) is 28.3 Å². The van der Waals surface area contributed by atoms with Crippen LogP contribution in [0.2, 0.25) is 0 Å². The van der Waals surface area contributed by atoms with Crippen LogP contribution in [0.15, 0.2) is 18.5 Å². The van der Waals surface area contributed by atoms with E-state index in [4.69, 9.17) is 0 Å². The average molecular weight is 303 g/mol. The highest BCUT2D eigenvalue weighted by atomic mass is 19.4. The summed E-state index contributed by atoms with van der Waals surface area (Å²) in [5.74, 6) is -0.457. The molecule has 0 aliphatic carbocycles. The molecule has 0 radical (unpaired) electrons. The van der Waals surface area contributed by atoms with Gasteiger partial charge in [-0.15, -0.1) is 0 Å². The highest BCUT2D eigenvalue weighted by Crippen LogP contribution is 2.21. The van der Waals surface area contributed by atoms with Crippen molar-refractivity contribution in [3.63, 3.8) is 0 Å². The zero-order valence-corrected chi connectivity index (χ0v) is 11.5. The number of carbonyl (C=O) groups excluding carboxylic acids is 1. The molecule has 0 aromatic carbocycles. The first-order chi connectivity index (χ1) is 9.76. The summed E-state index contributed by atoms with van der Waals surface area (Å²) in [4.78, 5) is 18.7. The van der Waals surface area contributed by atoms with Crippen molar-refractivity contribution in [1.82, 2.24) is 14.8 Å². The molecule has 1 aromatic rings. The normalized spacial score (nSPS) is 20.6. The number of carbonyl (C=O) groups is 1. The maximum atomic E-state index is 12.4. The standard InChI is InChI=1S/C13H16F3N3O2/c1-9-7-18(2-3-19(9)8-13(14,15)16)12(21)10-4-11(20)6-17-5-10/h4-6,9,20H,2-3,7-8H2,1H3/t9-/m0/s1. The number of rotatable bonds is 2. The third kappa shape index (κ3) is 4.07. The molecule has 0 bridgehead atoms. The molecule has 1 aliphatic heterocycles. The van der Waals surface area contributed by atoms with Crippen molar-refractivity contribution in [3.8, 4) is 5.75 Å². The van der Waals surface area contributed by atoms with Crippen LogP contribution in [0.25, 0.3) is 0 Å². The molecule has 1 aliphatic rings. The monoisotopic (exact) mass is 303 g/mol. The first kappa shape index (κ1) is 15.6. The lowest BCUT2D eigenvalue weighted by Gasteiger charge is -2.40. The van der Waals surface area contributed by atoms with Crippen molar-refractivity contribution in [2.75, 3.05) is 26.2 Å². The Labute approximate surface area is 120 Å². The summed E-state index contributed by atoms with van der Waals surface area (Å²) in [6, 6.07) is 0.914. The Morgan fingerprint density at radius 1 is 1.43 bits per heavy atom. The summed E-state index contributed by atoms with van der Waals surface area (Å²) < 4.78 is 37.3. The van der Waals surface area contributed by atoms with Gasteiger partial charge in [0, 0.05) is 31.9 Å². The zero-order valence-electron chi connectivity index (χ0n) is 11.5. The fraction of sp³-hybridized carbons (Fsp3) is 0.538. The summed E-state index contributed by atoms with van der Waals surface area (Å²) in [6.45, 7) is 1.29. The van der Waals surface area contributed by atoms with Crippen molar-refractivity contribution in [3.05, 3.63) is 24.0 Å². The average Bonchev–Trinajstić information content (AvgIpc) is 2.39. The lowest BCUT2D eigenvalue weighted by atomic mass is 10.1. The van der Waals surface area contributed by atoms with Crippen LogP contribution >= 0.6 is 0 Å². The van der Waals surface area contributed by atoms with Gasteiger partial charge >= 0.3 is 6.18 Å². The van der Waals surface area contributed by atoms with E-state index < -0.39 is 12.7 Å². The SMILES string of the molecule is C[C@H]1CN(C(=O)c2cncc(O)c2)CCN1CC(F)(F)F. The molecule has 1 saturated heterocycles. The van der Waals surface area contributed by atoms with Gasteiger partial charge in [-0.2, -0.15) is 13.2 Å². The fourth-order valence-electron chi connectivity index (χ4n) is 2.37. The van der Waals surface area contributed by atoms with Crippen molar-refractivity contribution >= 4 is 5.91 Å². The molecule has 8 heteroatoms. The molecule has 1 N–H and O–H groups in total. The maximum absolute atomic E-state index is 12.4. The van der Waals surface area contributed by atoms with Gasteiger partial charge in [-0.25, -0.2) is 0 Å². The molecule has 1 amide bonds. The van der Waals surface area contributed by atoms with Gasteiger partial charge in [-0.1, -0.05) is 0 Å². The Balaban J connectivity index is 2.00. The number of pyridine rings is 1. The molecule has 0 unspecified atom stereocenters. The van der Waals surface area contributed by atoms with E-state index in [0.717, 1.165) is 0 Å². The quantitative estimate of drug-likeness (QED) is 0.899. The Morgan fingerprint density at radius 3 is 2.71 bits per heavy atom. The van der Waals surface area contributed by atoms with Crippen LogP contribution < -0.4 is 0 Å². The molecular weight excluding hydrogens is 287 g/mol. The lowest BCUT2D eigenvalue weighted by Crippen LogP contribution is -2.55. The molecule has 1 aromatic heterocycles. The van der Waals surface area contributed by atoms with Crippen LogP contribution in [0.4, 0.5) is 13.2 Å². The van der Waals surface area contributed by atoms with Crippen molar-refractivity contribution in [1.29, 1.82) is 0 Å². The first-order valence-corrected chi connectivity index (χ1v) is 6.50. The summed E-state index contributed by atoms with van der Waals surface area (Å²) in [5, 5.41) is 9.32. The Morgan fingerprint density at radius 2 is 2.14 bits per heavy atom. The largest absolute Gasteiger partial charge is 0.506 e. The molecule has 1 atom stereocenters. The predicted molar refractivity (Wildman–Crippen MR) is 68.9 cm³/mol. The van der Waals surface area contributed by atoms with Gasteiger partial charge in [0.15, 0.2) is 0 Å². The number of hydrogen-bond donors (Lipinski definition) is 1. The van der Waals surface area contributed by atoms with Gasteiger partial charge in [0.25, 0.3) is 5.91 Å². The van der Waals surface area contributed by atoms with Crippen LogP contribution in [0.5, 0.6) is 5.75 Å². The molecule has 116 valence electrons. The van der Waals surface area contributed by atoms with Crippen molar-refractivity contribution in [2.24, 2.45) is 0 Å². The van der Waals surface area contributed by atoms with Gasteiger partial charge in [0.2, 0.25) is 0 Å². The summed E-state index contributed by atoms with van der Waals surface area (Å²) >= 11 is 0. The van der Waals surface area contributed by atoms with Crippen LogP contribution in [0, 0.1) is 0 Å². The smallest absolute Gasteiger partial charge is 0.401 e. The lowest BCUT2D eigenvalue weighted by molar-refractivity contribution is -0.153. The minimum atomic E-state index is -4.24. The van der Waals surface area contributed by atoms with E-state index >= 15 is 0 Å². The summed E-state index contributed by atoms with van der Waals surface area (Å²) in [5.41, 5.74) is 0.228. The number of amides is 1. The predicted octanol–water partition coefficient (Wildman–Crippen LogP) is 1.50. The highest BCUT2D eigenvalue weighted by molar-refractivity contribution is 5.94. The van der Waals surface area contributed by atoms with E-state index in [9.17, 15) is 23.1 Å². The van der Waals surface area contributed by atoms with Crippen molar-refractivity contribution in [2.45, 2.75) is 19.1 Å². The second-order valence-corrected chi connectivity index (χ2v) is 5.12. The Hall–Kier alpha value is -1.83. The van der Waals surface area contributed by atoms with Crippen LogP contribution in [-0.4, -0.2) is 64.2 Å². The van der Waals surface area contributed by atoms with Crippen LogP contribution in [0.1, 0.15) is 17.3 Å². The number of piperazine rings is 1. The van der Waals surface area contributed by atoms with Gasteiger partial charge in [0.05, 0.1) is 18.3 Å². The molecule has 21 heavy (non-hydrogen) atoms. The van der Waals surface area contributed by atoms with E-state index in [-0.39, 0.29) is 42.9 Å². The van der Waals surface area contributed by atoms with Gasteiger partial charge < -0.3 is 10.0 Å². The topological polar surface area (TPSA) is 56.7 Å². The highest BCUT2D eigenvalue weighted by Gasteiger charge is 2.36. The van der Waals surface area contributed by atoms with E-state index in [0.29, 0.717) is 0 Å². The summed E-state index contributed by atoms with van der Waals surface area (Å²) in [6.07, 6.45) is -1.70. The third-order valence-electron chi connectivity index (χ3n) is 3.41. The van der Waals surface area contributed by atoms with Crippen LogP contribution in [-0.2, 0) is 0 Å². The summed E-state index contributed by atoms with van der Waals surface area (Å²) in [7, 11) is 0. The van der Waals surface area contributed by atoms with E-state index in [1.54, 1.807) is 6.92 Å². The number of aromatic nitrogens is 1. The molecule has 2 rings (SSSR count). The van der Waals surface area contributed by atoms with Crippen molar-refractivity contribution < 1.29 is 23.1 Å². The Bertz CT molecular complexity index is 522. The number of aromatic hydroxyl groups is 1. The number of nitrogens with zero attached hydrogens (tertiary/aromatic N) is 3. The zero-order chi connectivity index (χ0) is 15.6. The molecule has 0 spiro atoms. The molecule has 0 saturated carbocycles. The number of hydrogen-bond acceptors (Lipinski definition) is 4. The third-order valence-corrected chi connectivity index (χ3v) is 3.41. The molecule has 2 heterocycles. The maximum Gasteiger partial charge on any atom is 0.401 e. The second-order valence-electron chi connectivity index (χ2n) is 5.12. The molecule has 5 nitrogen and oxygen atoms in total. The Kier molecular flexibility index (Phi) is 4.36. The van der Waals surface area contributed by atoms with E-state index in [1.807, 2.05) is 0 Å². The van der Waals surface area contributed by atoms with Gasteiger partial charge in [-0.05, 0) is 13.0 Å². The van der Waals surface area contributed by atoms with Crippen LogP contribution in [0.3, 0.4) is 0 Å². The number of halogens is 3. The minimum absolute atomic E-state index is 0.121. The van der Waals surface area contributed by atoms with Gasteiger partial charge in [0.1, 0.15) is 5.75 Å². The van der Waals surface area contributed by atoms with E-state index in [2.05, 4.69) is 4.98 Å². The molecule has 1 fully saturated rings. The minimum Gasteiger partial charge on any atom is -0.506 e. The second kappa shape index (κ2) is 5.88. The molecular formula is C13H16F3N3O2. The first-order valence-electron chi connectivity index (χ1n) is 6.50. The number of alkyl halides is 3.